The van der Waals surface area contributed by atoms with Gasteiger partial charge >= 0.3 is 0 Å². The van der Waals surface area contributed by atoms with Gasteiger partial charge in [0.2, 0.25) is 0 Å². The van der Waals surface area contributed by atoms with Crippen molar-refractivity contribution in [3.05, 3.63) is 34.1 Å². The molecule has 0 radical (unpaired) electrons. The van der Waals surface area contributed by atoms with Crippen LogP contribution in [0.4, 0.5) is 4.39 Å². The quantitative estimate of drug-likeness (QED) is 0.877. The lowest BCUT2D eigenvalue weighted by molar-refractivity contribution is 0.475. The Balaban J connectivity index is 2.04. The van der Waals surface area contributed by atoms with Gasteiger partial charge in [-0.1, -0.05) is 22.4 Å². The Morgan fingerprint density at radius 2 is 2.25 bits per heavy atom. The van der Waals surface area contributed by atoms with Crippen molar-refractivity contribution < 1.29 is 4.39 Å². The molecule has 0 aromatic heterocycles. The monoisotopic (exact) mass is 285 g/mol. The van der Waals surface area contributed by atoms with Crippen molar-refractivity contribution in [2.45, 2.75) is 25.7 Å². The number of nitrogens with one attached hydrogen (secondary N) is 1. The molecule has 1 fully saturated rings. The summed E-state index contributed by atoms with van der Waals surface area (Å²) in [5, 5.41) is 3.44. The lowest BCUT2D eigenvalue weighted by Gasteiger charge is -2.15. The van der Waals surface area contributed by atoms with E-state index in [0.29, 0.717) is 5.92 Å². The van der Waals surface area contributed by atoms with E-state index < -0.39 is 0 Å². The average Bonchev–Trinajstić information content (AvgIpc) is 2.52. The molecule has 1 aromatic rings. The third-order valence-electron chi connectivity index (χ3n) is 3.17. The third-order valence-corrected chi connectivity index (χ3v) is 3.94. The summed E-state index contributed by atoms with van der Waals surface area (Å²) < 4.78 is 14.2. The molecule has 1 saturated heterocycles. The minimum Gasteiger partial charge on any atom is -0.316 e. The summed E-state index contributed by atoms with van der Waals surface area (Å²) >= 11 is 3.49. The van der Waals surface area contributed by atoms with Crippen LogP contribution in [0.2, 0.25) is 0 Å². The number of rotatable bonds is 2. The average molecular weight is 286 g/mol. The van der Waals surface area contributed by atoms with Gasteiger partial charge in [0.25, 0.3) is 0 Å². The largest absolute Gasteiger partial charge is 0.316 e. The zero-order valence-electron chi connectivity index (χ0n) is 9.31. The fraction of sp³-hybridized carbons (Fsp3) is 0.538. The molecule has 0 aliphatic carbocycles. The Labute approximate surface area is 105 Å². The molecule has 1 unspecified atom stereocenters. The van der Waals surface area contributed by atoms with Crippen molar-refractivity contribution in [3.63, 3.8) is 0 Å². The molecule has 1 nitrogen and oxygen atoms in total. The van der Waals surface area contributed by atoms with E-state index in [0.717, 1.165) is 29.5 Å². The molecular formula is C13H17BrFN. The van der Waals surface area contributed by atoms with Gasteiger partial charge in [-0.2, -0.15) is 0 Å². The van der Waals surface area contributed by atoms with Crippen molar-refractivity contribution in [1.82, 2.24) is 5.32 Å². The van der Waals surface area contributed by atoms with Crippen molar-refractivity contribution in [2.24, 2.45) is 5.92 Å². The smallest absolute Gasteiger partial charge is 0.123 e. The fourth-order valence-electron chi connectivity index (χ4n) is 2.28. The van der Waals surface area contributed by atoms with E-state index >= 15 is 0 Å². The van der Waals surface area contributed by atoms with E-state index in [1.807, 2.05) is 0 Å². The second-order valence-corrected chi connectivity index (χ2v) is 5.36. The summed E-state index contributed by atoms with van der Waals surface area (Å²) in [6, 6.07) is 4.95. The van der Waals surface area contributed by atoms with Crippen LogP contribution < -0.4 is 5.32 Å². The van der Waals surface area contributed by atoms with Crippen LogP contribution in [0.25, 0.3) is 0 Å². The molecule has 1 aliphatic heterocycles. The van der Waals surface area contributed by atoms with Crippen LogP contribution in [0.15, 0.2) is 22.7 Å². The van der Waals surface area contributed by atoms with Crippen LogP contribution in [0.5, 0.6) is 0 Å². The molecule has 0 saturated carbocycles. The molecule has 1 atom stereocenters. The first-order valence-corrected chi connectivity index (χ1v) is 6.69. The summed E-state index contributed by atoms with van der Waals surface area (Å²) in [5.74, 6) is 0.500. The maximum atomic E-state index is 13.1. The summed E-state index contributed by atoms with van der Waals surface area (Å²) in [6.45, 7) is 2.18. The lowest BCUT2D eigenvalue weighted by atomic mass is 9.95. The molecule has 88 valence electrons. The van der Waals surface area contributed by atoms with Gasteiger partial charge in [0, 0.05) is 4.47 Å². The first-order chi connectivity index (χ1) is 7.75. The number of hydrogen-bond donors (Lipinski definition) is 1. The maximum absolute atomic E-state index is 13.1. The van der Waals surface area contributed by atoms with E-state index in [4.69, 9.17) is 0 Å². The summed E-state index contributed by atoms with van der Waals surface area (Å²) in [5.41, 5.74) is 1.09. The van der Waals surface area contributed by atoms with Crippen LogP contribution in [0.3, 0.4) is 0 Å². The zero-order chi connectivity index (χ0) is 11.4. The first-order valence-electron chi connectivity index (χ1n) is 5.90. The van der Waals surface area contributed by atoms with Gasteiger partial charge in [-0.15, -0.1) is 0 Å². The summed E-state index contributed by atoms with van der Waals surface area (Å²) in [6.07, 6.45) is 4.76. The van der Waals surface area contributed by atoms with Gasteiger partial charge < -0.3 is 5.32 Å². The molecule has 0 bridgehead atoms. The minimum absolute atomic E-state index is 0.139. The molecule has 2 rings (SSSR count). The van der Waals surface area contributed by atoms with Gasteiger partial charge in [0.15, 0.2) is 0 Å². The third kappa shape index (κ3) is 3.29. The van der Waals surface area contributed by atoms with Crippen molar-refractivity contribution in [3.8, 4) is 0 Å². The standard InChI is InChI=1S/C13H17BrFN/c14-13-5-4-12(15)8-11(13)7-10-3-1-2-6-16-9-10/h4-5,8,10,16H,1-3,6-7,9H2. The van der Waals surface area contributed by atoms with Gasteiger partial charge in [0.05, 0.1) is 0 Å². The molecule has 1 heterocycles. The Kier molecular flexibility index (Phi) is 4.36. The molecule has 1 aliphatic rings. The Morgan fingerprint density at radius 3 is 3.12 bits per heavy atom. The molecular weight excluding hydrogens is 269 g/mol. The van der Waals surface area contributed by atoms with Crippen LogP contribution in [-0.4, -0.2) is 13.1 Å². The van der Waals surface area contributed by atoms with E-state index in [-0.39, 0.29) is 5.82 Å². The van der Waals surface area contributed by atoms with E-state index in [2.05, 4.69) is 21.2 Å². The van der Waals surface area contributed by atoms with Crippen molar-refractivity contribution >= 4 is 15.9 Å². The highest BCUT2D eigenvalue weighted by Crippen LogP contribution is 2.23. The first kappa shape index (κ1) is 12.1. The number of hydrogen-bond acceptors (Lipinski definition) is 1. The predicted molar refractivity (Wildman–Crippen MR) is 68.0 cm³/mol. The highest BCUT2D eigenvalue weighted by atomic mass is 79.9. The van der Waals surface area contributed by atoms with Crippen LogP contribution in [-0.2, 0) is 6.42 Å². The van der Waals surface area contributed by atoms with Gasteiger partial charge in [-0.05, 0) is 62.0 Å². The fourth-order valence-corrected chi connectivity index (χ4v) is 2.68. The van der Waals surface area contributed by atoms with Crippen molar-refractivity contribution in [2.75, 3.05) is 13.1 Å². The van der Waals surface area contributed by atoms with Gasteiger partial charge in [-0.3, -0.25) is 0 Å². The van der Waals surface area contributed by atoms with Crippen LogP contribution in [0.1, 0.15) is 24.8 Å². The molecule has 1 N–H and O–H groups in total. The molecule has 16 heavy (non-hydrogen) atoms. The molecule has 3 heteroatoms. The highest BCUT2D eigenvalue weighted by molar-refractivity contribution is 9.10. The Hall–Kier alpha value is -0.410. The highest BCUT2D eigenvalue weighted by Gasteiger charge is 2.14. The molecule has 0 amide bonds. The minimum atomic E-state index is -0.139. The number of benzene rings is 1. The lowest BCUT2D eigenvalue weighted by Crippen LogP contribution is -2.22. The van der Waals surface area contributed by atoms with E-state index in [9.17, 15) is 4.39 Å². The maximum Gasteiger partial charge on any atom is 0.123 e. The van der Waals surface area contributed by atoms with E-state index in [1.165, 1.54) is 25.3 Å². The topological polar surface area (TPSA) is 12.0 Å². The normalized spacial score (nSPS) is 21.8. The Morgan fingerprint density at radius 1 is 1.38 bits per heavy atom. The predicted octanol–water partition coefficient (Wildman–Crippen LogP) is 3.52. The summed E-state index contributed by atoms with van der Waals surface area (Å²) in [7, 11) is 0. The van der Waals surface area contributed by atoms with E-state index in [1.54, 1.807) is 12.1 Å². The number of halogens is 2. The molecule has 0 spiro atoms. The van der Waals surface area contributed by atoms with Crippen LogP contribution in [0, 0.1) is 11.7 Å². The zero-order valence-corrected chi connectivity index (χ0v) is 10.9. The SMILES string of the molecule is Fc1ccc(Br)c(CC2CCCCNC2)c1. The van der Waals surface area contributed by atoms with Gasteiger partial charge in [0.1, 0.15) is 5.82 Å². The second-order valence-electron chi connectivity index (χ2n) is 4.51. The molecule has 1 aromatic carbocycles. The van der Waals surface area contributed by atoms with Crippen LogP contribution >= 0.6 is 15.9 Å². The Bertz CT molecular complexity index is 346. The van der Waals surface area contributed by atoms with Gasteiger partial charge in [-0.25, -0.2) is 4.39 Å². The summed E-state index contributed by atoms with van der Waals surface area (Å²) in [4.78, 5) is 0. The van der Waals surface area contributed by atoms with Crippen molar-refractivity contribution in [1.29, 1.82) is 0 Å². The second kappa shape index (κ2) is 5.78.